The van der Waals surface area contributed by atoms with Crippen molar-refractivity contribution in [2.75, 3.05) is 27.2 Å². The molecule has 0 amide bonds. The first-order valence-corrected chi connectivity index (χ1v) is 22.0. The summed E-state index contributed by atoms with van der Waals surface area (Å²) >= 11 is 0. The molecule has 54 heavy (non-hydrogen) atoms. The van der Waals surface area contributed by atoms with Crippen LogP contribution in [-0.4, -0.2) is 77.8 Å². The van der Waals surface area contributed by atoms with Crippen molar-refractivity contribution in [2.24, 2.45) is 0 Å². The lowest BCUT2D eigenvalue weighted by Gasteiger charge is -2.13. The molecule has 318 valence electrons. The van der Waals surface area contributed by atoms with Crippen LogP contribution in [0.1, 0.15) is 206 Å². The van der Waals surface area contributed by atoms with Crippen molar-refractivity contribution in [3.05, 3.63) is 24.3 Å². The Bertz CT molecular complexity index is 841. The summed E-state index contributed by atoms with van der Waals surface area (Å²) in [6.07, 6.45) is 43.0. The standard InChI is InChI=1S/2C18H34O2.C9H17NO4/c2*1-2-3-4-5-6-7-8-9-10-11-12-13-14-15-16-17-18(19)20;1-10(2)5-9(12)13-6-7-3-4-8(11)14-7/h2*9-10H,2-8,11-17H2,1H3,(H,19,20);7-8,11H,3-6H2,1-2H3/b2*10-9-;/t;;7-,8+/m..0/s1. The maximum absolute atomic E-state index is 11.1. The van der Waals surface area contributed by atoms with E-state index in [0.717, 1.165) is 32.1 Å². The van der Waals surface area contributed by atoms with Gasteiger partial charge >= 0.3 is 17.9 Å². The Labute approximate surface area is 331 Å². The molecular weight excluding hydrogens is 682 g/mol. The molecule has 1 aliphatic rings. The van der Waals surface area contributed by atoms with Gasteiger partial charge in [-0.3, -0.25) is 19.3 Å². The van der Waals surface area contributed by atoms with E-state index in [1.807, 2.05) is 0 Å². The molecule has 3 N–H and O–H groups in total. The monoisotopic (exact) mass is 768 g/mol. The van der Waals surface area contributed by atoms with Gasteiger partial charge in [0.15, 0.2) is 6.29 Å². The number of carboxylic acids is 2. The second-order valence-electron chi connectivity index (χ2n) is 15.2. The largest absolute Gasteiger partial charge is 0.481 e. The molecule has 2 atom stereocenters. The quantitative estimate of drug-likeness (QED) is 0.0332. The molecule has 0 bridgehead atoms. The minimum atomic E-state index is -0.687. The summed E-state index contributed by atoms with van der Waals surface area (Å²) in [6, 6.07) is 0. The number of aliphatic hydroxyl groups is 1. The number of rotatable bonds is 34. The van der Waals surface area contributed by atoms with Crippen molar-refractivity contribution < 1.29 is 39.2 Å². The fraction of sp³-hybridized carbons (Fsp3) is 0.844. The van der Waals surface area contributed by atoms with Crippen LogP contribution >= 0.6 is 0 Å². The summed E-state index contributed by atoms with van der Waals surface area (Å²) in [5.41, 5.74) is 0. The number of nitrogens with zero attached hydrogens (tertiary/aromatic N) is 1. The number of aliphatic hydroxyl groups excluding tert-OH is 1. The number of hydrogen-bond acceptors (Lipinski definition) is 7. The molecule has 0 radical (unpaired) electrons. The van der Waals surface area contributed by atoms with Gasteiger partial charge in [0.2, 0.25) is 0 Å². The van der Waals surface area contributed by atoms with Crippen LogP contribution in [0.5, 0.6) is 0 Å². The topological polar surface area (TPSA) is 134 Å². The molecule has 0 aromatic carbocycles. The number of carboxylic acid groups (broad SMARTS) is 2. The third kappa shape index (κ3) is 47.8. The Hall–Kier alpha value is -2.23. The van der Waals surface area contributed by atoms with Crippen LogP contribution in [0.25, 0.3) is 0 Å². The van der Waals surface area contributed by atoms with Crippen molar-refractivity contribution in [3.63, 3.8) is 0 Å². The maximum atomic E-state index is 11.1. The van der Waals surface area contributed by atoms with Crippen LogP contribution in [0.4, 0.5) is 0 Å². The first kappa shape index (κ1) is 53.9. The van der Waals surface area contributed by atoms with E-state index in [4.69, 9.17) is 24.8 Å². The van der Waals surface area contributed by atoms with E-state index in [9.17, 15) is 14.4 Å². The zero-order chi connectivity index (χ0) is 40.3. The van der Waals surface area contributed by atoms with Crippen LogP contribution < -0.4 is 0 Å². The van der Waals surface area contributed by atoms with Gasteiger partial charge in [0, 0.05) is 19.3 Å². The zero-order valence-electron chi connectivity index (χ0n) is 35.4. The van der Waals surface area contributed by atoms with Crippen LogP contribution in [0, 0.1) is 0 Å². The third-order valence-corrected chi connectivity index (χ3v) is 9.27. The predicted molar refractivity (Wildman–Crippen MR) is 224 cm³/mol. The Morgan fingerprint density at radius 1 is 0.574 bits per heavy atom. The summed E-state index contributed by atoms with van der Waals surface area (Å²) in [4.78, 5) is 33.5. The number of ether oxygens (including phenoxy) is 2. The lowest BCUT2D eigenvalue weighted by atomic mass is 10.1. The molecule has 1 saturated heterocycles. The Balaban J connectivity index is 0. The minimum absolute atomic E-state index is 0.142. The van der Waals surface area contributed by atoms with E-state index in [2.05, 4.69) is 38.2 Å². The number of esters is 1. The van der Waals surface area contributed by atoms with E-state index in [0.29, 0.717) is 19.3 Å². The predicted octanol–water partition coefficient (Wildman–Crippen LogP) is 11.8. The molecule has 1 heterocycles. The zero-order valence-corrected chi connectivity index (χ0v) is 35.4. The lowest BCUT2D eigenvalue weighted by molar-refractivity contribution is -0.153. The number of carbonyl (C=O) groups excluding carboxylic acids is 1. The molecule has 1 rings (SSSR count). The molecule has 0 unspecified atom stereocenters. The number of unbranched alkanes of at least 4 members (excludes halogenated alkanes) is 22. The first-order chi connectivity index (χ1) is 26.1. The van der Waals surface area contributed by atoms with Gasteiger partial charge in [-0.25, -0.2) is 0 Å². The normalized spacial score (nSPS) is 15.3. The molecule has 0 aliphatic carbocycles. The van der Waals surface area contributed by atoms with E-state index in [-0.39, 0.29) is 25.2 Å². The fourth-order valence-electron chi connectivity index (χ4n) is 5.99. The molecule has 9 nitrogen and oxygen atoms in total. The molecular formula is C45H85NO8. The molecule has 0 spiro atoms. The van der Waals surface area contributed by atoms with Gasteiger partial charge in [-0.1, -0.05) is 141 Å². The van der Waals surface area contributed by atoms with Crippen LogP contribution in [0.3, 0.4) is 0 Å². The second-order valence-corrected chi connectivity index (χ2v) is 15.2. The summed E-state index contributed by atoms with van der Waals surface area (Å²) in [7, 11) is 3.61. The summed E-state index contributed by atoms with van der Waals surface area (Å²) in [5.74, 6) is -1.59. The highest BCUT2D eigenvalue weighted by atomic mass is 16.6. The Morgan fingerprint density at radius 2 is 0.926 bits per heavy atom. The van der Waals surface area contributed by atoms with Crippen LogP contribution in [0.15, 0.2) is 24.3 Å². The van der Waals surface area contributed by atoms with Crippen molar-refractivity contribution in [2.45, 2.75) is 219 Å². The van der Waals surface area contributed by atoms with E-state index >= 15 is 0 Å². The number of likely N-dealkylation sites (N-methyl/N-ethyl adjacent to an activating group) is 1. The highest BCUT2D eigenvalue weighted by Gasteiger charge is 2.24. The van der Waals surface area contributed by atoms with Gasteiger partial charge in [0.1, 0.15) is 6.61 Å². The van der Waals surface area contributed by atoms with Crippen LogP contribution in [-0.2, 0) is 23.9 Å². The third-order valence-electron chi connectivity index (χ3n) is 9.27. The van der Waals surface area contributed by atoms with E-state index < -0.39 is 18.2 Å². The number of hydrogen-bond donors (Lipinski definition) is 3. The Morgan fingerprint density at radius 3 is 1.24 bits per heavy atom. The van der Waals surface area contributed by atoms with Gasteiger partial charge in [-0.2, -0.15) is 0 Å². The smallest absolute Gasteiger partial charge is 0.320 e. The molecule has 0 saturated carbocycles. The van der Waals surface area contributed by atoms with Crippen molar-refractivity contribution in [1.29, 1.82) is 0 Å². The summed E-state index contributed by atoms with van der Waals surface area (Å²) < 4.78 is 10.0. The van der Waals surface area contributed by atoms with Gasteiger partial charge in [0.25, 0.3) is 0 Å². The van der Waals surface area contributed by atoms with Gasteiger partial charge in [-0.05, 0) is 84.7 Å². The van der Waals surface area contributed by atoms with Gasteiger partial charge in [-0.15, -0.1) is 0 Å². The SMILES string of the molecule is CCCCCCCC/C=C\CCCCCCCC(=O)O.CCCCCCCC/C=C\CCCCCCCC(=O)O.CN(C)CC(=O)OC[C@@H]1CC[C@H](O)O1. The van der Waals surface area contributed by atoms with Crippen LogP contribution in [0.2, 0.25) is 0 Å². The van der Waals surface area contributed by atoms with Crippen molar-refractivity contribution in [1.82, 2.24) is 4.90 Å². The summed E-state index contributed by atoms with van der Waals surface area (Å²) in [5, 5.41) is 26.1. The lowest BCUT2D eigenvalue weighted by Crippen LogP contribution is -2.27. The molecule has 9 heteroatoms. The average Bonchev–Trinajstić information content (AvgIpc) is 3.55. The fourth-order valence-corrected chi connectivity index (χ4v) is 5.99. The number of allylic oxidation sites excluding steroid dienone is 4. The molecule has 0 aromatic rings. The van der Waals surface area contributed by atoms with Crippen molar-refractivity contribution in [3.8, 4) is 0 Å². The Kier molecular flexibility index (Phi) is 43.4. The van der Waals surface area contributed by atoms with E-state index in [1.54, 1.807) is 19.0 Å². The molecule has 1 fully saturated rings. The summed E-state index contributed by atoms with van der Waals surface area (Å²) in [6.45, 7) is 5.03. The number of aliphatic carboxylic acids is 2. The number of carbonyl (C=O) groups is 3. The highest BCUT2D eigenvalue weighted by Crippen LogP contribution is 2.17. The van der Waals surface area contributed by atoms with E-state index in [1.165, 1.54) is 141 Å². The van der Waals surface area contributed by atoms with Crippen molar-refractivity contribution >= 4 is 17.9 Å². The van der Waals surface area contributed by atoms with Gasteiger partial charge < -0.3 is 24.8 Å². The minimum Gasteiger partial charge on any atom is -0.481 e. The molecule has 0 aromatic heterocycles. The average molecular weight is 768 g/mol. The maximum Gasteiger partial charge on any atom is 0.320 e. The molecule has 1 aliphatic heterocycles. The highest BCUT2D eigenvalue weighted by molar-refractivity contribution is 5.71. The second kappa shape index (κ2) is 43.5. The van der Waals surface area contributed by atoms with Gasteiger partial charge in [0.05, 0.1) is 12.6 Å². The first-order valence-electron chi connectivity index (χ1n) is 22.0.